The number of nitrogens with zero attached hydrogens (tertiary/aromatic N) is 3. The number of amides is 1. The van der Waals surface area contributed by atoms with Crippen LogP contribution in [0.2, 0.25) is 0 Å². The van der Waals surface area contributed by atoms with Crippen LogP contribution in [-0.2, 0) is 7.05 Å². The second kappa shape index (κ2) is 6.00. The summed E-state index contributed by atoms with van der Waals surface area (Å²) in [6, 6.07) is 9.46. The molecule has 0 aliphatic rings. The Hall–Kier alpha value is -3.02. The normalized spacial score (nSPS) is 10.6. The van der Waals surface area contributed by atoms with Crippen LogP contribution < -0.4 is 5.32 Å². The van der Waals surface area contributed by atoms with Crippen LogP contribution in [0.4, 0.5) is 10.2 Å². The number of pyridine rings is 1. The third-order valence-corrected chi connectivity index (χ3v) is 3.46. The van der Waals surface area contributed by atoms with Crippen molar-refractivity contribution in [2.75, 3.05) is 5.32 Å². The summed E-state index contributed by atoms with van der Waals surface area (Å²) < 4.78 is 14.8. The van der Waals surface area contributed by atoms with Gasteiger partial charge in [0, 0.05) is 24.5 Å². The minimum Gasteiger partial charge on any atom is -0.320 e. The fourth-order valence-electron chi connectivity index (χ4n) is 2.18. The Kier molecular flexibility index (Phi) is 3.89. The van der Waals surface area contributed by atoms with Crippen LogP contribution >= 0.6 is 0 Å². The Bertz CT molecular complexity index is 838. The van der Waals surface area contributed by atoms with E-state index < -0.39 is 0 Å². The van der Waals surface area contributed by atoms with E-state index in [9.17, 15) is 9.18 Å². The van der Waals surface area contributed by atoms with Crippen molar-refractivity contribution in [3.8, 4) is 11.3 Å². The minimum absolute atomic E-state index is 0.274. The molecule has 1 amide bonds. The highest BCUT2D eigenvalue weighted by Gasteiger charge is 2.15. The van der Waals surface area contributed by atoms with E-state index in [0.29, 0.717) is 17.1 Å². The lowest BCUT2D eigenvalue weighted by atomic mass is 10.1. The molecule has 3 rings (SSSR count). The second-order valence-corrected chi connectivity index (χ2v) is 5.20. The highest BCUT2D eigenvalue weighted by atomic mass is 19.1. The topological polar surface area (TPSA) is 59.8 Å². The molecule has 0 aliphatic heterocycles. The summed E-state index contributed by atoms with van der Waals surface area (Å²) >= 11 is 0. The monoisotopic (exact) mass is 310 g/mol. The number of anilines is 1. The van der Waals surface area contributed by atoms with Crippen molar-refractivity contribution in [3.05, 3.63) is 66.0 Å². The van der Waals surface area contributed by atoms with E-state index in [2.05, 4.69) is 15.3 Å². The maximum atomic E-state index is 13.1. The van der Waals surface area contributed by atoms with Gasteiger partial charge in [-0.2, -0.15) is 0 Å². The van der Waals surface area contributed by atoms with Crippen LogP contribution in [0.1, 0.15) is 16.1 Å². The van der Waals surface area contributed by atoms with E-state index in [4.69, 9.17) is 0 Å². The Morgan fingerprint density at radius 1 is 1.13 bits per heavy atom. The number of carbonyl (C=O) groups excluding carboxylic acids is 1. The molecule has 5 nitrogen and oxygen atoms in total. The molecule has 1 N–H and O–H groups in total. The Labute approximate surface area is 132 Å². The van der Waals surface area contributed by atoms with Crippen LogP contribution in [0, 0.1) is 12.7 Å². The molecule has 0 radical (unpaired) electrons. The molecule has 0 spiro atoms. The number of imidazole rings is 1. The lowest BCUT2D eigenvalue weighted by Gasteiger charge is -2.09. The van der Waals surface area contributed by atoms with Gasteiger partial charge in [0.15, 0.2) is 0 Å². The summed E-state index contributed by atoms with van der Waals surface area (Å²) in [5.74, 6) is -0.0485. The second-order valence-electron chi connectivity index (χ2n) is 5.20. The molecule has 0 fully saturated rings. The first kappa shape index (κ1) is 14.9. The third-order valence-electron chi connectivity index (χ3n) is 3.46. The molecule has 0 unspecified atom stereocenters. The number of hydrogen-bond acceptors (Lipinski definition) is 3. The molecule has 0 aliphatic carbocycles. The van der Waals surface area contributed by atoms with Gasteiger partial charge in [-0.3, -0.25) is 9.78 Å². The predicted octanol–water partition coefficient (Wildman–Crippen LogP) is 3.18. The Balaban J connectivity index is 1.91. The highest BCUT2D eigenvalue weighted by Crippen LogP contribution is 2.26. The molecule has 116 valence electrons. The van der Waals surface area contributed by atoms with Gasteiger partial charge in [-0.25, -0.2) is 9.37 Å². The first-order valence-corrected chi connectivity index (χ1v) is 7.06. The summed E-state index contributed by atoms with van der Waals surface area (Å²) in [5.41, 5.74) is 2.61. The zero-order valence-corrected chi connectivity index (χ0v) is 12.7. The standard InChI is InChI=1S/C17H15FN4O/c1-11-3-4-13(9-19-11)17(23)21-16-15(20-10-22(16)2)12-5-7-14(18)8-6-12/h3-10H,1-2H3,(H,21,23). The van der Waals surface area contributed by atoms with Crippen LogP contribution in [-0.4, -0.2) is 20.4 Å². The van der Waals surface area contributed by atoms with E-state index >= 15 is 0 Å². The molecule has 3 aromatic rings. The third kappa shape index (κ3) is 3.11. The van der Waals surface area contributed by atoms with Gasteiger partial charge in [-0.15, -0.1) is 0 Å². The first-order valence-electron chi connectivity index (χ1n) is 7.06. The summed E-state index contributed by atoms with van der Waals surface area (Å²) in [4.78, 5) is 20.8. The van der Waals surface area contributed by atoms with Crippen molar-refractivity contribution in [2.45, 2.75) is 6.92 Å². The van der Waals surface area contributed by atoms with Crippen LogP contribution in [0.3, 0.4) is 0 Å². The SMILES string of the molecule is Cc1ccc(C(=O)Nc2c(-c3ccc(F)cc3)ncn2C)cn1. The Morgan fingerprint density at radius 2 is 1.87 bits per heavy atom. The molecule has 2 aromatic heterocycles. The maximum Gasteiger partial charge on any atom is 0.258 e. The van der Waals surface area contributed by atoms with Gasteiger partial charge < -0.3 is 9.88 Å². The molecule has 0 saturated heterocycles. The van der Waals surface area contributed by atoms with Gasteiger partial charge in [0.25, 0.3) is 5.91 Å². The number of aryl methyl sites for hydroxylation is 2. The number of rotatable bonds is 3. The smallest absolute Gasteiger partial charge is 0.258 e. The van der Waals surface area contributed by atoms with E-state index in [1.165, 1.54) is 18.3 Å². The number of nitrogens with one attached hydrogen (secondary N) is 1. The molecular formula is C17H15FN4O. The van der Waals surface area contributed by atoms with Crippen LogP contribution in [0.15, 0.2) is 48.9 Å². The van der Waals surface area contributed by atoms with Gasteiger partial charge in [0.2, 0.25) is 0 Å². The van der Waals surface area contributed by atoms with E-state index in [0.717, 1.165) is 11.3 Å². The highest BCUT2D eigenvalue weighted by molar-refractivity contribution is 6.05. The Morgan fingerprint density at radius 3 is 2.52 bits per heavy atom. The summed E-state index contributed by atoms with van der Waals surface area (Å²) in [6.07, 6.45) is 3.13. The first-order chi connectivity index (χ1) is 11.0. The largest absolute Gasteiger partial charge is 0.320 e. The van der Waals surface area contributed by atoms with Crippen molar-refractivity contribution in [3.63, 3.8) is 0 Å². The quantitative estimate of drug-likeness (QED) is 0.808. The molecule has 2 heterocycles. The predicted molar refractivity (Wildman–Crippen MR) is 85.5 cm³/mol. The summed E-state index contributed by atoms with van der Waals surface area (Å²) in [5, 5.41) is 2.84. The summed E-state index contributed by atoms with van der Waals surface area (Å²) in [6.45, 7) is 1.86. The van der Waals surface area contributed by atoms with Gasteiger partial charge in [0.1, 0.15) is 17.3 Å². The molecule has 0 bridgehead atoms. The van der Waals surface area contributed by atoms with E-state index in [-0.39, 0.29) is 11.7 Å². The van der Waals surface area contributed by atoms with Crippen molar-refractivity contribution < 1.29 is 9.18 Å². The lowest BCUT2D eigenvalue weighted by molar-refractivity contribution is 0.102. The maximum absolute atomic E-state index is 13.1. The number of aromatic nitrogens is 3. The van der Waals surface area contributed by atoms with Gasteiger partial charge in [-0.1, -0.05) is 0 Å². The van der Waals surface area contributed by atoms with Crippen LogP contribution in [0.25, 0.3) is 11.3 Å². The number of halogens is 1. The molecule has 1 aromatic carbocycles. The summed E-state index contributed by atoms with van der Waals surface area (Å²) in [7, 11) is 1.78. The molecule has 0 saturated carbocycles. The van der Waals surface area contributed by atoms with Crippen molar-refractivity contribution in [1.82, 2.24) is 14.5 Å². The molecule has 0 atom stereocenters. The average Bonchev–Trinajstić information content (AvgIpc) is 2.90. The molecule has 23 heavy (non-hydrogen) atoms. The van der Waals surface area contributed by atoms with Crippen molar-refractivity contribution in [2.24, 2.45) is 7.05 Å². The van der Waals surface area contributed by atoms with Gasteiger partial charge in [-0.05, 0) is 43.3 Å². The number of benzene rings is 1. The van der Waals surface area contributed by atoms with Crippen LogP contribution in [0.5, 0.6) is 0 Å². The number of carbonyl (C=O) groups is 1. The minimum atomic E-state index is -0.319. The zero-order chi connectivity index (χ0) is 16.4. The van der Waals surface area contributed by atoms with Crippen molar-refractivity contribution >= 4 is 11.7 Å². The van der Waals surface area contributed by atoms with E-state index in [1.807, 2.05) is 6.92 Å². The molecular weight excluding hydrogens is 295 g/mol. The number of hydrogen-bond donors (Lipinski definition) is 1. The van der Waals surface area contributed by atoms with Gasteiger partial charge in [0.05, 0.1) is 11.9 Å². The molecule has 6 heteroatoms. The van der Waals surface area contributed by atoms with E-state index in [1.54, 1.807) is 42.2 Å². The van der Waals surface area contributed by atoms with Gasteiger partial charge >= 0.3 is 0 Å². The van der Waals surface area contributed by atoms with Crippen molar-refractivity contribution in [1.29, 1.82) is 0 Å². The fourth-order valence-corrected chi connectivity index (χ4v) is 2.18. The average molecular weight is 310 g/mol. The zero-order valence-electron chi connectivity index (χ0n) is 12.7. The fraction of sp³-hybridized carbons (Fsp3) is 0.118. The lowest BCUT2D eigenvalue weighted by Crippen LogP contribution is -2.15.